The molecule has 0 saturated heterocycles. The lowest BCUT2D eigenvalue weighted by atomic mass is 10.2. The van der Waals surface area contributed by atoms with E-state index in [2.05, 4.69) is 24.1 Å². The minimum Gasteiger partial charge on any atom is -0.369 e. The number of unbranched alkanes of at least 4 members (excludes halogenated alkanes) is 1. The molecule has 0 aliphatic carbocycles. The molecule has 1 rings (SSSR count). The van der Waals surface area contributed by atoms with Crippen LogP contribution in [0.15, 0.2) is 24.3 Å². The monoisotopic (exact) mass is 238 g/mol. The fourth-order valence-corrected chi connectivity index (χ4v) is 1.89. The number of rotatable bonds is 8. The van der Waals surface area contributed by atoms with Crippen molar-refractivity contribution in [3.05, 3.63) is 30.1 Å². The highest BCUT2D eigenvalue weighted by Crippen LogP contribution is 2.18. The van der Waals surface area contributed by atoms with E-state index in [-0.39, 0.29) is 5.82 Å². The highest BCUT2D eigenvalue weighted by Gasteiger charge is 2.08. The summed E-state index contributed by atoms with van der Waals surface area (Å²) in [4.78, 5) is 2.10. The average molecular weight is 238 g/mol. The van der Waals surface area contributed by atoms with Gasteiger partial charge < -0.3 is 10.2 Å². The van der Waals surface area contributed by atoms with Gasteiger partial charge in [0.05, 0.1) is 5.69 Å². The predicted octanol–water partition coefficient (Wildman–Crippen LogP) is 3.04. The molecule has 2 nitrogen and oxygen atoms in total. The van der Waals surface area contributed by atoms with Crippen LogP contribution in [0.4, 0.5) is 10.1 Å². The van der Waals surface area contributed by atoms with Crippen molar-refractivity contribution in [3.8, 4) is 0 Å². The van der Waals surface area contributed by atoms with Gasteiger partial charge in [-0.3, -0.25) is 0 Å². The fraction of sp³-hybridized carbons (Fsp3) is 0.571. The lowest BCUT2D eigenvalue weighted by Crippen LogP contribution is -2.25. The van der Waals surface area contributed by atoms with Crippen molar-refractivity contribution < 1.29 is 4.39 Å². The molecule has 0 bridgehead atoms. The minimum absolute atomic E-state index is 0.124. The molecule has 0 heterocycles. The molecule has 0 spiro atoms. The van der Waals surface area contributed by atoms with Crippen molar-refractivity contribution >= 4 is 5.69 Å². The number of nitrogens with one attached hydrogen (secondary N) is 1. The van der Waals surface area contributed by atoms with Crippen LogP contribution in [0.5, 0.6) is 0 Å². The molecule has 17 heavy (non-hydrogen) atoms. The molecule has 0 amide bonds. The first-order valence-electron chi connectivity index (χ1n) is 6.49. The van der Waals surface area contributed by atoms with Gasteiger partial charge in [0, 0.05) is 13.1 Å². The number of benzene rings is 1. The summed E-state index contributed by atoms with van der Waals surface area (Å²) in [5.41, 5.74) is 0.721. The van der Waals surface area contributed by atoms with Gasteiger partial charge >= 0.3 is 0 Å². The third-order valence-electron chi connectivity index (χ3n) is 2.86. The standard InChI is InChI=1S/C14H23FN2/c1-3-16-11-7-8-12-17(4-2)14-10-6-5-9-13(14)15/h5-6,9-10,16H,3-4,7-8,11-12H2,1-2H3. The van der Waals surface area contributed by atoms with Gasteiger partial charge in [0.15, 0.2) is 0 Å². The average Bonchev–Trinajstić information content (AvgIpc) is 2.35. The Morgan fingerprint density at radius 1 is 1.18 bits per heavy atom. The quantitative estimate of drug-likeness (QED) is 0.700. The smallest absolute Gasteiger partial charge is 0.146 e. The molecular weight excluding hydrogens is 215 g/mol. The molecule has 0 aliphatic rings. The van der Waals surface area contributed by atoms with Crippen molar-refractivity contribution in [2.45, 2.75) is 26.7 Å². The maximum absolute atomic E-state index is 13.6. The topological polar surface area (TPSA) is 15.3 Å². The molecule has 0 aliphatic heterocycles. The molecule has 0 fully saturated rings. The normalized spacial score (nSPS) is 10.5. The first kappa shape index (κ1) is 14.0. The number of nitrogens with zero attached hydrogens (tertiary/aromatic N) is 1. The van der Waals surface area contributed by atoms with Crippen molar-refractivity contribution in [1.82, 2.24) is 5.32 Å². The summed E-state index contributed by atoms with van der Waals surface area (Å²) in [6.45, 7) is 8.01. The second-order valence-electron chi connectivity index (χ2n) is 4.09. The Balaban J connectivity index is 2.41. The van der Waals surface area contributed by atoms with Crippen LogP contribution < -0.4 is 10.2 Å². The molecule has 0 aromatic heterocycles. The van der Waals surface area contributed by atoms with Crippen molar-refractivity contribution in [2.75, 3.05) is 31.1 Å². The van der Waals surface area contributed by atoms with E-state index >= 15 is 0 Å². The second-order valence-corrected chi connectivity index (χ2v) is 4.09. The molecule has 1 N–H and O–H groups in total. The molecular formula is C14H23FN2. The highest BCUT2D eigenvalue weighted by molar-refractivity contribution is 5.47. The van der Waals surface area contributed by atoms with Crippen molar-refractivity contribution in [2.24, 2.45) is 0 Å². The summed E-state index contributed by atoms with van der Waals surface area (Å²) in [7, 11) is 0. The Morgan fingerprint density at radius 3 is 2.59 bits per heavy atom. The van der Waals surface area contributed by atoms with Gasteiger partial charge in [-0.15, -0.1) is 0 Å². The number of halogens is 1. The summed E-state index contributed by atoms with van der Waals surface area (Å²) in [5.74, 6) is -0.124. The predicted molar refractivity (Wildman–Crippen MR) is 72.1 cm³/mol. The third kappa shape index (κ3) is 4.73. The Bertz CT molecular complexity index is 315. The highest BCUT2D eigenvalue weighted by atomic mass is 19.1. The molecule has 0 saturated carbocycles. The zero-order chi connectivity index (χ0) is 12.5. The summed E-state index contributed by atoms with van der Waals surface area (Å²) < 4.78 is 13.6. The summed E-state index contributed by atoms with van der Waals surface area (Å²) in [6.07, 6.45) is 2.23. The largest absolute Gasteiger partial charge is 0.369 e. The van der Waals surface area contributed by atoms with Crippen LogP contribution in [0.1, 0.15) is 26.7 Å². The first-order chi connectivity index (χ1) is 8.29. The van der Waals surface area contributed by atoms with Crippen LogP contribution in [0.25, 0.3) is 0 Å². The van der Waals surface area contributed by atoms with E-state index in [0.717, 1.165) is 44.7 Å². The van der Waals surface area contributed by atoms with Gasteiger partial charge in [-0.2, -0.15) is 0 Å². The summed E-state index contributed by atoms with van der Waals surface area (Å²) >= 11 is 0. The van der Waals surface area contributed by atoms with Crippen LogP contribution in [0.3, 0.4) is 0 Å². The molecule has 0 unspecified atom stereocenters. The van der Waals surface area contributed by atoms with Crippen LogP contribution in [0.2, 0.25) is 0 Å². The molecule has 0 radical (unpaired) electrons. The van der Waals surface area contributed by atoms with Crippen LogP contribution in [-0.4, -0.2) is 26.2 Å². The minimum atomic E-state index is -0.124. The number of hydrogen-bond donors (Lipinski definition) is 1. The maximum atomic E-state index is 13.6. The Hall–Kier alpha value is -1.09. The number of anilines is 1. The van der Waals surface area contributed by atoms with Crippen LogP contribution in [0, 0.1) is 5.82 Å². The van der Waals surface area contributed by atoms with Crippen LogP contribution >= 0.6 is 0 Å². The van der Waals surface area contributed by atoms with Gasteiger partial charge in [0.2, 0.25) is 0 Å². The second kappa shape index (κ2) is 8.07. The first-order valence-corrected chi connectivity index (χ1v) is 6.49. The van der Waals surface area contributed by atoms with Gasteiger partial charge in [0.25, 0.3) is 0 Å². The Morgan fingerprint density at radius 2 is 1.94 bits per heavy atom. The molecule has 1 aromatic carbocycles. The van der Waals surface area contributed by atoms with Gasteiger partial charge in [-0.05, 0) is 45.0 Å². The van der Waals surface area contributed by atoms with E-state index < -0.39 is 0 Å². The number of para-hydroxylation sites is 1. The SMILES string of the molecule is CCNCCCCN(CC)c1ccccc1F. The van der Waals surface area contributed by atoms with Crippen molar-refractivity contribution in [1.29, 1.82) is 0 Å². The fourth-order valence-electron chi connectivity index (χ4n) is 1.89. The summed E-state index contributed by atoms with van der Waals surface area (Å²) in [5, 5.41) is 3.30. The Labute approximate surface area is 104 Å². The van der Waals surface area contributed by atoms with Gasteiger partial charge in [-0.25, -0.2) is 4.39 Å². The molecule has 1 aromatic rings. The molecule has 3 heteroatoms. The van der Waals surface area contributed by atoms with Gasteiger partial charge in [0.1, 0.15) is 5.82 Å². The molecule has 0 atom stereocenters. The van der Waals surface area contributed by atoms with Crippen LogP contribution in [-0.2, 0) is 0 Å². The Kier molecular flexibility index (Phi) is 6.63. The van der Waals surface area contributed by atoms with Crippen molar-refractivity contribution in [3.63, 3.8) is 0 Å². The van der Waals surface area contributed by atoms with Gasteiger partial charge in [-0.1, -0.05) is 19.1 Å². The summed E-state index contributed by atoms with van der Waals surface area (Å²) in [6, 6.07) is 7.00. The maximum Gasteiger partial charge on any atom is 0.146 e. The lowest BCUT2D eigenvalue weighted by molar-refractivity contribution is 0.602. The van der Waals surface area contributed by atoms with E-state index in [1.54, 1.807) is 6.07 Å². The molecule has 96 valence electrons. The van der Waals surface area contributed by atoms with E-state index in [9.17, 15) is 4.39 Å². The van der Waals surface area contributed by atoms with E-state index in [0.29, 0.717) is 0 Å². The third-order valence-corrected chi connectivity index (χ3v) is 2.86. The zero-order valence-electron chi connectivity index (χ0n) is 10.9. The van der Waals surface area contributed by atoms with E-state index in [1.165, 1.54) is 6.07 Å². The lowest BCUT2D eigenvalue weighted by Gasteiger charge is -2.23. The number of hydrogen-bond acceptors (Lipinski definition) is 2. The van der Waals surface area contributed by atoms with E-state index in [1.807, 2.05) is 12.1 Å². The zero-order valence-corrected chi connectivity index (χ0v) is 10.9. The van der Waals surface area contributed by atoms with E-state index in [4.69, 9.17) is 0 Å².